The van der Waals surface area contributed by atoms with Gasteiger partial charge >= 0.3 is 184 Å². The Labute approximate surface area is 203 Å². The van der Waals surface area contributed by atoms with E-state index in [0.29, 0.717) is 0 Å². The third-order valence-corrected chi connectivity index (χ3v) is 1.31. The second-order valence-corrected chi connectivity index (χ2v) is 2.30. The molecule has 0 fully saturated rings. The summed E-state index contributed by atoms with van der Waals surface area (Å²) in [6.07, 6.45) is 0. The fourth-order valence-corrected chi connectivity index (χ4v) is 0.750. The van der Waals surface area contributed by atoms with Gasteiger partial charge in [0.2, 0.25) is 0 Å². The standard InChI is InChI=1S/C6H5Se.10CO.2Re.H/c7-6-4-2-1-3-5-6;10*1-2;;;/h1-5H;;;;;;;;;;;;;. The van der Waals surface area contributed by atoms with Crippen LogP contribution in [-0.2, 0) is 87.4 Å². The molecule has 0 aliphatic rings. The third-order valence-electron chi connectivity index (χ3n) is 0.743. The number of hydrogen-bond donors (Lipinski definition) is 0. The molecule has 0 saturated heterocycles. The average Bonchev–Trinajstić information content (AvgIpc) is 2.87. The zero-order valence-electron chi connectivity index (χ0n) is 13.7. The Balaban J connectivity index is -0.0000000117. The normalized spacial score (nSPS) is 2.76. The molecule has 0 N–H and O–H groups in total. The van der Waals surface area contributed by atoms with E-state index >= 15 is 0 Å². The first-order valence-electron chi connectivity index (χ1n) is 4.16. The molecule has 3 radical (unpaired) electrons. The monoisotopic (exact) mass is 812 g/mol. The van der Waals surface area contributed by atoms with E-state index in [2.05, 4.69) is 82.5 Å². The van der Waals surface area contributed by atoms with Crippen LogP contribution in [0.4, 0.5) is 0 Å². The quantitative estimate of drug-likeness (QED) is 0.191. The van der Waals surface area contributed by atoms with E-state index in [1.807, 2.05) is 30.3 Å². The average molecular weight is 810 g/mol. The van der Waals surface area contributed by atoms with Gasteiger partial charge in [-0.15, -0.1) is 0 Å². The first-order chi connectivity index (χ1) is 13.4. The van der Waals surface area contributed by atoms with Crippen molar-refractivity contribution >= 4 is 20.5 Å². The molecule has 13 heteroatoms. The number of benzene rings is 1. The Hall–Kier alpha value is -1.54. The summed E-state index contributed by atoms with van der Waals surface area (Å²) in [6.45, 7) is 45.0. The maximum atomic E-state index is 7.50. The van der Waals surface area contributed by atoms with E-state index < -0.39 is 0 Å². The van der Waals surface area contributed by atoms with Crippen LogP contribution in [0.5, 0.6) is 0 Å². The predicted molar refractivity (Wildman–Crippen MR) is 72.5 cm³/mol. The Morgan fingerprint density at radius 3 is 0.621 bits per heavy atom. The van der Waals surface area contributed by atoms with Crippen molar-refractivity contribution in [1.82, 2.24) is 0 Å². The molecular formula is C16H6O10Re2Se. The second kappa shape index (κ2) is 411. The predicted octanol–water partition coefficient (Wildman–Crippen LogP) is -0.167. The topological polar surface area (TPSA) is 199 Å². The molecule has 1 aromatic rings. The summed E-state index contributed by atoms with van der Waals surface area (Å²) in [6, 6.07) is 10.1. The molecule has 0 aliphatic heterocycles. The van der Waals surface area contributed by atoms with Crippen LogP contribution in [-0.4, -0.2) is 16.0 Å². The van der Waals surface area contributed by atoms with E-state index in [4.69, 9.17) is 46.5 Å². The van der Waals surface area contributed by atoms with E-state index in [-0.39, 0.29) is 40.8 Å². The van der Waals surface area contributed by atoms with E-state index in [9.17, 15) is 0 Å². The van der Waals surface area contributed by atoms with Gasteiger partial charge in [-0.1, -0.05) is 0 Å². The van der Waals surface area contributed by atoms with Crippen molar-refractivity contribution < 1.29 is 87.4 Å². The van der Waals surface area contributed by atoms with Crippen molar-refractivity contribution in [3.63, 3.8) is 0 Å². The van der Waals surface area contributed by atoms with Crippen LogP contribution in [0, 0.1) is 66.5 Å². The Kier molecular flexibility index (Phi) is 1140. The van der Waals surface area contributed by atoms with Gasteiger partial charge in [-0.3, -0.25) is 0 Å². The molecule has 0 heterocycles. The maximum absolute atomic E-state index is 7.50. The van der Waals surface area contributed by atoms with Gasteiger partial charge in [0.15, 0.2) is 0 Å². The van der Waals surface area contributed by atoms with Gasteiger partial charge in [-0.25, -0.2) is 0 Å². The van der Waals surface area contributed by atoms with E-state index in [1.165, 1.54) is 4.46 Å². The van der Waals surface area contributed by atoms with Gasteiger partial charge in [0.05, 0.1) is 0 Å². The van der Waals surface area contributed by atoms with Crippen molar-refractivity contribution in [2.24, 2.45) is 0 Å². The van der Waals surface area contributed by atoms with Gasteiger partial charge in [0, 0.05) is 20.4 Å². The minimum atomic E-state index is 0. The first kappa shape index (κ1) is 80.4. The van der Waals surface area contributed by atoms with Crippen molar-refractivity contribution in [1.29, 1.82) is 0 Å². The van der Waals surface area contributed by atoms with Crippen LogP contribution in [0.3, 0.4) is 0 Å². The van der Waals surface area contributed by atoms with Gasteiger partial charge in [0.25, 0.3) is 0 Å². The third kappa shape index (κ3) is 379. The second-order valence-electron chi connectivity index (χ2n) is 1.31. The number of hydrogen-bond acceptors (Lipinski definition) is 0. The van der Waals surface area contributed by atoms with Crippen molar-refractivity contribution in [3.8, 4) is 0 Å². The molecule has 0 spiro atoms. The van der Waals surface area contributed by atoms with Gasteiger partial charge < -0.3 is 0 Å². The SMILES string of the molecule is [C-]#[O+].[C-]#[O+].[C-]#[O+].[C-]#[O+].[C-]#[O+].[C-]#[O+].[C-]#[O+].[C-]#[O+].[C-]#[O+].[C-]#[O+].[ReH].[Re].[Se]c1ccccc1. The van der Waals surface area contributed by atoms with Crippen LogP contribution in [0.1, 0.15) is 0 Å². The molecule has 0 saturated carbocycles. The summed E-state index contributed by atoms with van der Waals surface area (Å²) in [4.78, 5) is 0. The Bertz CT molecular complexity index is 413. The molecule has 0 aromatic heterocycles. The molecule has 0 bridgehead atoms. The Morgan fingerprint density at radius 1 is 0.414 bits per heavy atom. The molecule has 150 valence electrons. The zero-order chi connectivity index (χ0) is 25.1. The zero-order valence-corrected chi connectivity index (χ0v) is 21.0. The molecular weight excluding hydrogens is 804 g/mol. The number of rotatable bonds is 0. The molecule has 1 rings (SSSR count). The fraction of sp³-hybridized carbons (Fsp3) is 0. The van der Waals surface area contributed by atoms with E-state index in [1.54, 1.807) is 0 Å². The van der Waals surface area contributed by atoms with Crippen LogP contribution in [0.2, 0.25) is 0 Å². The summed E-state index contributed by atoms with van der Waals surface area (Å²) in [5.41, 5.74) is 0. The van der Waals surface area contributed by atoms with Crippen LogP contribution in [0.25, 0.3) is 0 Å². The molecule has 0 unspecified atom stereocenters. The summed E-state index contributed by atoms with van der Waals surface area (Å²) in [7, 11) is 0. The summed E-state index contributed by atoms with van der Waals surface area (Å²) < 4.78 is 76.2. The van der Waals surface area contributed by atoms with Crippen LogP contribution < -0.4 is 4.46 Å². The Morgan fingerprint density at radius 2 is 0.552 bits per heavy atom. The van der Waals surface area contributed by atoms with Crippen molar-refractivity contribution in [2.75, 3.05) is 0 Å². The molecule has 0 atom stereocenters. The summed E-state index contributed by atoms with van der Waals surface area (Å²) in [5.74, 6) is 0. The first-order valence-corrected chi connectivity index (χ1v) is 5.01. The van der Waals surface area contributed by atoms with Crippen LogP contribution >= 0.6 is 0 Å². The molecule has 1 aromatic carbocycles. The van der Waals surface area contributed by atoms with Gasteiger partial charge in [-0.05, 0) is 0 Å². The van der Waals surface area contributed by atoms with Gasteiger partial charge in [-0.2, -0.15) is 0 Å². The van der Waals surface area contributed by atoms with Gasteiger partial charge in [0.1, 0.15) is 0 Å². The molecule has 0 amide bonds. The van der Waals surface area contributed by atoms with Crippen molar-refractivity contribution in [2.45, 2.75) is 0 Å². The summed E-state index contributed by atoms with van der Waals surface area (Å²) in [5, 5.41) is 0. The van der Waals surface area contributed by atoms with E-state index in [0.717, 1.165) is 0 Å². The molecule has 10 nitrogen and oxygen atoms in total. The minimum absolute atomic E-state index is 0. The van der Waals surface area contributed by atoms with Crippen molar-refractivity contribution in [3.05, 3.63) is 96.8 Å². The fourth-order valence-electron chi connectivity index (χ4n) is 0.420. The van der Waals surface area contributed by atoms with Crippen LogP contribution in [0.15, 0.2) is 30.3 Å². The molecule has 29 heavy (non-hydrogen) atoms. The molecule has 0 aliphatic carbocycles. The summed E-state index contributed by atoms with van der Waals surface area (Å²) >= 11 is 2.90.